The van der Waals surface area contributed by atoms with E-state index in [-0.39, 0.29) is 35.3 Å². The molecule has 114 valence electrons. The Morgan fingerprint density at radius 2 is 2.18 bits per heavy atom. The number of benzene rings is 1. The number of aryl methyl sites for hydroxylation is 1. The third-order valence-corrected chi connectivity index (χ3v) is 3.64. The van der Waals surface area contributed by atoms with E-state index in [0.29, 0.717) is 0 Å². The minimum absolute atomic E-state index is 0.0391. The van der Waals surface area contributed by atoms with Crippen LogP contribution in [-0.4, -0.2) is 26.2 Å². The summed E-state index contributed by atoms with van der Waals surface area (Å²) in [5.41, 5.74) is -0.617. The molecule has 0 amide bonds. The lowest BCUT2D eigenvalue weighted by molar-refractivity contribution is -0.127. The molecule has 1 saturated carbocycles. The highest BCUT2D eigenvalue weighted by Gasteiger charge is 2.28. The lowest BCUT2D eigenvalue weighted by Gasteiger charge is -2.19. The third-order valence-electron chi connectivity index (χ3n) is 3.64. The number of para-hydroxylation sites is 1. The van der Waals surface area contributed by atoms with Crippen molar-refractivity contribution in [3.05, 3.63) is 34.4 Å². The van der Waals surface area contributed by atoms with Gasteiger partial charge in [0.15, 0.2) is 5.78 Å². The Labute approximate surface area is 130 Å². The van der Waals surface area contributed by atoms with E-state index in [9.17, 15) is 19.5 Å². The number of rotatable bonds is 1. The number of Topliss-reactive ketones (excluding diaryl/α,β-unsaturated/α-hetero) is 2. The summed E-state index contributed by atoms with van der Waals surface area (Å²) in [6.07, 6.45) is -3.62. The number of ketones is 2. The van der Waals surface area contributed by atoms with E-state index in [0.717, 1.165) is 4.57 Å². The van der Waals surface area contributed by atoms with E-state index >= 15 is 0 Å². The SMILES string of the molecule is [2H]C1([2H])CC[C@@]([2H])(n2c(C)nc3c(O)cccc3c2=O)C(=O)CC1=O. The molecule has 1 aliphatic rings. The van der Waals surface area contributed by atoms with E-state index in [2.05, 4.69) is 4.98 Å². The minimum atomic E-state index is -2.21. The topological polar surface area (TPSA) is 89.3 Å². The van der Waals surface area contributed by atoms with Gasteiger partial charge in [0, 0.05) is 9.11 Å². The van der Waals surface area contributed by atoms with Gasteiger partial charge in [-0.05, 0) is 31.9 Å². The Morgan fingerprint density at radius 3 is 2.95 bits per heavy atom. The number of phenols is 1. The molecule has 0 spiro atoms. The summed E-state index contributed by atoms with van der Waals surface area (Å²) in [6.45, 7) is 1.43. The fourth-order valence-corrected chi connectivity index (χ4v) is 2.63. The Hall–Kier alpha value is -2.50. The maximum Gasteiger partial charge on any atom is 0.262 e. The summed E-state index contributed by atoms with van der Waals surface area (Å²) < 4.78 is 24.9. The van der Waals surface area contributed by atoms with Crippen molar-refractivity contribution in [3.8, 4) is 5.75 Å². The molecule has 0 bridgehead atoms. The fraction of sp³-hybridized carbons (Fsp3) is 0.375. The number of hydrogen-bond acceptors (Lipinski definition) is 5. The molecular formula is C16H16N2O4. The Morgan fingerprint density at radius 1 is 1.41 bits per heavy atom. The van der Waals surface area contributed by atoms with Crippen LogP contribution in [0.4, 0.5) is 0 Å². The largest absolute Gasteiger partial charge is 0.506 e. The second-order valence-electron chi connectivity index (χ2n) is 5.12. The molecule has 0 saturated heterocycles. The first-order chi connectivity index (χ1) is 11.6. The highest BCUT2D eigenvalue weighted by molar-refractivity contribution is 6.01. The molecular weight excluding hydrogens is 284 g/mol. The number of aromatic nitrogens is 2. The van der Waals surface area contributed by atoms with Crippen LogP contribution >= 0.6 is 0 Å². The second-order valence-corrected chi connectivity index (χ2v) is 5.12. The maximum atomic E-state index is 12.9. The summed E-state index contributed by atoms with van der Waals surface area (Å²) in [7, 11) is 0. The molecule has 0 aliphatic heterocycles. The monoisotopic (exact) mass is 303 g/mol. The molecule has 22 heavy (non-hydrogen) atoms. The molecule has 1 heterocycles. The van der Waals surface area contributed by atoms with E-state index in [1.165, 1.54) is 25.1 Å². The van der Waals surface area contributed by atoms with Gasteiger partial charge in [-0.25, -0.2) is 4.98 Å². The standard InChI is InChI=1S/C16H16N2O4/c1-9-17-15-11(5-3-7-13(15)20)16(22)18(9)12-6-2-4-10(19)8-14(12)21/h3,5,7,12,20H,2,4,6,8H2,1H3/t12-/m1/s1/i4D2,12D. The average molecular weight is 303 g/mol. The molecule has 0 unspecified atom stereocenters. The van der Waals surface area contributed by atoms with Gasteiger partial charge < -0.3 is 5.11 Å². The van der Waals surface area contributed by atoms with E-state index in [4.69, 9.17) is 4.11 Å². The number of nitrogens with zero attached hydrogens (tertiary/aromatic N) is 2. The zero-order chi connectivity index (χ0) is 18.6. The van der Waals surface area contributed by atoms with E-state index in [1.807, 2.05) is 0 Å². The van der Waals surface area contributed by atoms with E-state index < -0.39 is 35.9 Å². The summed E-state index contributed by atoms with van der Waals surface area (Å²) in [6, 6.07) is 2.13. The van der Waals surface area contributed by atoms with Crippen LogP contribution in [0.1, 0.15) is 41.6 Å². The number of hydrogen-bond donors (Lipinski definition) is 1. The fourth-order valence-electron chi connectivity index (χ4n) is 2.63. The van der Waals surface area contributed by atoms with Gasteiger partial charge in [0.1, 0.15) is 22.9 Å². The molecule has 1 atom stereocenters. The average Bonchev–Trinajstić information content (AvgIpc) is 2.60. The highest BCUT2D eigenvalue weighted by Crippen LogP contribution is 2.25. The number of phenolic OH excluding ortho intramolecular Hbond substituents is 1. The van der Waals surface area contributed by atoms with Gasteiger partial charge >= 0.3 is 0 Å². The van der Waals surface area contributed by atoms with Gasteiger partial charge in [0.25, 0.3) is 5.56 Å². The van der Waals surface area contributed by atoms with Crippen molar-refractivity contribution in [1.29, 1.82) is 0 Å². The molecule has 1 N–H and O–H groups in total. The Bertz CT molecular complexity index is 970. The number of carbonyl (C=O) groups is 2. The Balaban J connectivity index is 2.26. The summed E-state index contributed by atoms with van der Waals surface area (Å²) in [5, 5.41) is 9.91. The minimum Gasteiger partial charge on any atom is -0.506 e. The quantitative estimate of drug-likeness (QED) is 0.639. The predicted octanol–water partition coefficient (Wildman–Crippen LogP) is 1.66. The second kappa shape index (κ2) is 5.36. The zero-order valence-corrected chi connectivity index (χ0v) is 11.9. The summed E-state index contributed by atoms with van der Waals surface area (Å²) >= 11 is 0. The molecule has 6 nitrogen and oxygen atoms in total. The third kappa shape index (κ3) is 2.30. The lowest BCUT2D eigenvalue weighted by atomic mass is 10.1. The van der Waals surface area contributed by atoms with Gasteiger partial charge in [0.2, 0.25) is 0 Å². The van der Waals surface area contributed by atoms with Crippen molar-refractivity contribution in [2.45, 2.75) is 38.6 Å². The molecule has 1 aromatic heterocycles. The van der Waals surface area contributed by atoms with Crippen molar-refractivity contribution < 1.29 is 18.8 Å². The summed E-state index contributed by atoms with van der Waals surface area (Å²) in [5.74, 6) is -1.88. The molecule has 3 rings (SSSR count). The van der Waals surface area contributed by atoms with Gasteiger partial charge in [-0.1, -0.05) is 6.07 Å². The van der Waals surface area contributed by atoms with Crippen LogP contribution in [0.3, 0.4) is 0 Å². The first-order valence-corrected chi connectivity index (χ1v) is 6.86. The number of fused-ring (bicyclic) bond motifs is 1. The Kier molecular flexibility index (Phi) is 2.71. The van der Waals surface area contributed by atoms with Crippen LogP contribution in [0.5, 0.6) is 5.75 Å². The van der Waals surface area contributed by atoms with Crippen molar-refractivity contribution in [3.63, 3.8) is 0 Å². The van der Waals surface area contributed by atoms with Crippen molar-refractivity contribution >= 4 is 22.5 Å². The predicted molar refractivity (Wildman–Crippen MR) is 79.9 cm³/mol. The maximum absolute atomic E-state index is 12.9. The van der Waals surface area contributed by atoms with E-state index in [1.54, 1.807) is 0 Å². The van der Waals surface area contributed by atoms with Gasteiger partial charge in [-0.15, -0.1) is 0 Å². The molecule has 1 fully saturated rings. The lowest BCUT2D eigenvalue weighted by Crippen LogP contribution is -2.32. The van der Waals surface area contributed by atoms with Gasteiger partial charge in [-0.2, -0.15) is 0 Å². The molecule has 1 aromatic carbocycles. The zero-order valence-electron chi connectivity index (χ0n) is 14.9. The van der Waals surface area contributed by atoms with Crippen LogP contribution < -0.4 is 5.56 Å². The van der Waals surface area contributed by atoms with Crippen molar-refractivity contribution in [2.75, 3.05) is 0 Å². The molecule has 1 aliphatic carbocycles. The van der Waals surface area contributed by atoms with Crippen LogP contribution in [0.15, 0.2) is 23.0 Å². The van der Waals surface area contributed by atoms with Crippen LogP contribution in [-0.2, 0) is 9.59 Å². The number of aromatic hydroxyl groups is 1. The smallest absolute Gasteiger partial charge is 0.262 e. The van der Waals surface area contributed by atoms with Crippen LogP contribution in [0, 0.1) is 6.92 Å². The first-order valence-electron chi connectivity index (χ1n) is 8.36. The van der Waals surface area contributed by atoms with Crippen LogP contribution in [0.2, 0.25) is 0 Å². The van der Waals surface area contributed by atoms with Crippen LogP contribution in [0.25, 0.3) is 10.9 Å². The van der Waals surface area contributed by atoms with Gasteiger partial charge in [-0.3, -0.25) is 19.0 Å². The first kappa shape index (κ1) is 11.1. The molecule has 0 radical (unpaired) electrons. The van der Waals surface area contributed by atoms with Gasteiger partial charge in [0.05, 0.1) is 19.2 Å². The van der Waals surface area contributed by atoms with Crippen molar-refractivity contribution in [2.24, 2.45) is 0 Å². The number of carbonyl (C=O) groups excluding carboxylic acids is 2. The normalized spacial score (nSPS) is 27.0. The molecule has 2 aromatic rings. The van der Waals surface area contributed by atoms with Crippen molar-refractivity contribution in [1.82, 2.24) is 9.55 Å². The summed E-state index contributed by atoms with van der Waals surface area (Å²) in [4.78, 5) is 41.4. The molecule has 6 heteroatoms. The highest BCUT2D eigenvalue weighted by atomic mass is 16.3.